The monoisotopic (exact) mass is 421 g/mol. The number of amides is 4. The molecule has 0 unspecified atom stereocenters. The summed E-state index contributed by atoms with van der Waals surface area (Å²) in [5, 5.41) is 0. The summed E-state index contributed by atoms with van der Waals surface area (Å²) in [7, 11) is 0. The number of ether oxygens (including phenoxy) is 1. The van der Waals surface area contributed by atoms with Crippen molar-refractivity contribution >= 4 is 23.6 Å². The van der Waals surface area contributed by atoms with Crippen molar-refractivity contribution < 1.29 is 23.9 Å². The zero-order chi connectivity index (χ0) is 21.8. The molecule has 4 amide bonds. The SMILES string of the molecule is O=C(CCOc1ccccc1)N1CCN(C(=O)CN2C(=O)c3ccccc3C2=O)CC1. The molecule has 0 radical (unpaired) electrons. The van der Waals surface area contributed by atoms with E-state index in [0.29, 0.717) is 43.9 Å². The van der Waals surface area contributed by atoms with Gasteiger partial charge in [-0.05, 0) is 24.3 Å². The molecule has 0 aromatic heterocycles. The maximum atomic E-state index is 12.7. The molecular weight excluding hydrogens is 398 g/mol. The van der Waals surface area contributed by atoms with E-state index in [2.05, 4.69) is 0 Å². The molecule has 2 aliphatic rings. The lowest BCUT2D eigenvalue weighted by Gasteiger charge is -2.35. The van der Waals surface area contributed by atoms with E-state index >= 15 is 0 Å². The van der Waals surface area contributed by atoms with E-state index < -0.39 is 11.8 Å². The van der Waals surface area contributed by atoms with Gasteiger partial charge in [0.15, 0.2) is 0 Å². The predicted octanol–water partition coefficient (Wildman–Crippen LogP) is 1.42. The minimum Gasteiger partial charge on any atom is -0.493 e. The van der Waals surface area contributed by atoms with E-state index in [1.165, 1.54) is 0 Å². The van der Waals surface area contributed by atoms with Gasteiger partial charge in [-0.1, -0.05) is 30.3 Å². The van der Waals surface area contributed by atoms with Gasteiger partial charge in [-0.3, -0.25) is 24.1 Å². The Hall–Kier alpha value is -3.68. The minimum absolute atomic E-state index is 0.0246. The van der Waals surface area contributed by atoms with Crippen LogP contribution >= 0.6 is 0 Å². The molecule has 8 nitrogen and oxygen atoms in total. The van der Waals surface area contributed by atoms with Gasteiger partial charge in [0.25, 0.3) is 11.8 Å². The number of piperazine rings is 1. The molecule has 0 aliphatic carbocycles. The molecule has 2 heterocycles. The Labute approximate surface area is 180 Å². The van der Waals surface area contributed by atoms with E-state index in [1.807, 2.05) is 30.3 Å². The van der Waals surface area contributed by atoms with Crippen molar-refractivity contribution in [2.45, 2.75) is 6.42 Å². The molecule has 2 aromatic carbocycles. The average molecular weight is 421 g/mol. The molecule has 1 saturated heterocycles. The van der Waals surface area contributed by atoms with Crippen LogP contribution < -0.4 is 4.74 Å². The van der Waals surface area contributed by atoms with Gasteiger partial charge in [0, 0.05) is 26.2 Å². The molecule has 2 aliphatic heterocycles. The van der Waals surface area contributed by atoms with E-state index in [9.17, 15) is 19.2 Å². The number of rotatable bonds is 6. The third-order valence-corrected chi connectivity index (χ3v) is 5.48. The van der Waals surface area contributed by atoms with E-state index in [1.54, 1.807) is 34.1 Å². The van der Waals surface area contributed by atoms with E-state index in [4.69, 9.17) is 4.74 Å². The first kappa shape index (κ1) is 20.6. The molecule has 0 saturated carbocycles. The van der Waals surface area contributed by atoms with Crippen molar-refractivity contribution in [3.8, 4) is 5.75 Å². The quantitative estimate of drug-likeness (QED) is 0.659. The topological polar surface area (TPSA) is 87.2 Å². The van der Waals surface area contributed by atoms with Gasteiger partial charge in [-0.15, -0.1) is 0 Å². The molecule has 4 rings (SSSR count). The number of para-hydroxylation sites is 1. The Morgan fingerprint density at radius 1 is 0.742 bits per heavy atom. The van der Waals surface area contributed by atoms with Gasteiger partial charge in [-0.2, -0.15) is 0 Å². The van der Waals surface area contributed by atoms with Gasteiger partial charge < -0.3 is 14.5 Å². The Morgan fingerprint density at radius 3 is 1.84 bits per heavy atom. The fourth-order valence-corrected chi connectivity index (χ4v) is 3.75. The van der Waals surface area contributed by atoms with Gasteiger partial charge in [-0.25, -0.2) is 0 Å². The molecular formula is C23H23N3O5. The molecule has 0 atom stereocenters. The second kappa shape index (κ2) is 8.99. The molecule has 0 N–H and O–H groups in total. The number of carbonyl (C=O) groups excluding carboxylic acids is 4. The lowest BCUT2D eigenvalue weighted by molar-refractivity contribution is -0.139. The number of carbonyl (C=O) groups is 4. The van der Waals surface area contributed by atoms with Gasteiger partial charge >= 0.3 is 0 Å². The summed E-state index contributed by atoms with van der Waals surface area (Å²) in [4.78, 5) is 54.2. The number of nitrogens with zero attached hydrogens (tertiary/aromatic N) is 3. The van der Waals surface area contributed by atoms with Gasteiger partial charge in [0.1, 0.15) is 12.3 Å². The van der Waals surface area contributed by atoms with Crippen LogP contribution in [0, 0.1) is 0 Å². The van der Waals surface area contributed by atoms with Gasteiger partial charge in [0.2, 0.25) is 11.8 Å². The van der Waals surface area contributed by atoms with Crippen LogP contribution in [0.1, 0.15) is 27.1 Å². The van der Waals surface area contributed by atoms with Crippen molar-refractivity contribution in [3.05, 3.63) is 65.7 Å². The maximum Gasteiger partial charge on any atom is 0.262 e. The number of benzene rings is 2. The summed E-state index contributed by atoms with van der Waals surface area (Å²) in [6.45, 7) is 1.57. The first-order valence-electron chi connectivity index (χ1n) is 10.2. The van der Waals surface area contributed by atoms with Crippen LogP contribution in [0.5, 0.6) is 5.75 Å². The number of fused-ring (bicyclic) bond motifs is 1. The molecule has 2 aromatic rings. The Kier molecular flexibility index (Phi) is 5.97. The van der Waals surface area contributed by atoms with Crippen LogP contribution in [0.3, 0.4) is 0 Å². The number of imide groups is 1. The highest BCUT2D eigenvalue weighted by atomic mass is 16.5. The van der Waals surface area contributed by atoms with Crippen LogP contribution in [0.4, 0.5) is 0 Å². The first-order valence-corrected chi connectivity index (χ1v) is 10.2. The van der Waals surface area contributed by atoms with E-state index in [0.717, 1.165) is 10.6 Å². The summed E-state index contributed by atoms with van der Waals surface area (Å²) >= 11 is 0. The lowest BCUT2D eigenvalue weighted by Crippen LogP contribution is -2.53. The Morgan fingerprint density at radius 2 is 1.26 bits per heavy atom. The first-order chi connectivity index (χ1) is 15.0. The number of hydrogen-bond acceptors (Lipinski definition) is 5. The van der Waals surface area contributed by atoms with Crippen LogP contribution in [0.25, 0.3) is 0 Å². The van der Waals surface area contributed by atoms with Crippen LogP contribution in [-0.4, -0.2) is 77.7 Å². The normalized spacial score (nSPS) is 15.8. The largest absolute Gasteiger partial charge is 0.493 e. The second-order valence-electron chi connectivity index (χ2n) is 7.42. The zero-order valence-electron chi connectivity index (χ0n) is 17.0. The maximum absolute atomic E-state index is 12.7. The summed E-state index contributed by atoms with van der Waals surface area (Å²) in [5.74, 6) is -0.487. The molecule has 0 bridgehead atoms. The summed E-state index contributed by atoms with van der Waals surface area (Å²) in [6, 6.07) is 15.9. The summed E-state index contributed by atoms with van der Waals surface area (Å²) in [6.07, 6.45) is 0.262. The van der Waals surface area contributed by atoms with Crippen molar-refractivity contribution in [1.82, 2.24) is 14.7 Å². The lowest BCUT2D eigenvalue weighted by atomic mass is 10.1. The van der Waals surface area contributed by atoms with Crippen molar-refractivity contribution in [2.75, 3.05) is 39.3 Å². The highest BCUT2D eigenvalue weighted by Gasteiger charge is 2.37. The molecule has 160 valence electrons. The highest BCUT2D eigenvalue weighted by molar-refractivity contribution is 6.22. The average Bonchev–Trinajstić information content (AvgIpc) is 3.05. The Bertz CT molecular complexity index is 964. The van der Waals surface area contributed by atoms with Crippen LogP contribution in [-0.2, 0) is 9.59 Å². The van der Waals surface area contributed by atoms with Crippen LogP contribution in [0.15, 0.2) is 54.6 Å². The predicted molar refractivity (Wildman–Crippen MR) is 112 cm³/mol. The summed E-state index contributed by atoms with van der Waals surface area (Å²) < 4.78 is 5.57. The minimum atomic E-state index is -0.443. The third kappa shape index (κ3) is 4.42. The smallest absolute Gasteiger partial charge is 0.262 e. The molecule has 1 fully saturated rings. The fraction of sp³-hybridized carbons (Fsp3) is 0.304. The van der Waals surface area contributed by atoms with Crippen LogP contribution in [0.2, 0.25) is 0 Å². The number of hydrogen-bond donors (Lipinski definition) is 0. The molecule has 31 heavy (non-hydrogen) atoms. The zero-order valence-corrected chi connectivity index (χ0v) is 17.0. The second-order valence-corrected chi connectivity index (χ2v) is 7.42. The highest BCUT2D eigenvalue weighted by Crippen LogP contribution is 2.22. The van der Waals surface area contributed by atoms with E-state index in [-0.39, 0.29) is 24.8 Å². The van der Waals surface area contributed by atoms with Crippen molar-refractivity contribution in [2.24, 2.45) is 0 Å². The van der Waals surface area contributed by atoms with Crippen molar-refractivity contribution in [3.63, 3.8) is 0 Å². The molecule has 0 spiro atoms. The third-order valence-electron chi connectivity index (χ3n) is 5.48. The summed E-state index contributed by atoms with van der Waals surface area (Å²) in [5.41, 5.74) is 0.655. The van der Waals surface area contributed by atoms with Crippen molar-refractivity contribution in [1.29, 1.82) is 0 Å². The molecule has 8 heteroatoms. The Balaban J connectivity index is 1.23. The fourth-order valence-electron chi connectivity index (χ4n) is 3.75. The standard InChI is InChI=1S/C23H23N3O5/c27-20(10-15-31-17-6-2-1-3-7-17)24-11-13-25(14-12-24)21(28)16-26-22(29)18-8-4-5-9-19(18)23(26)30/h1-9H,10-16H2. The van der Waals surface area contributed by atoms with Gasteiger partial charge in [0.05, 0.1) is 24.2 Å².